The first kappa shape index (κ1) is 15.2. The minimum atomic E-state index is -0.655. The van der Waals surface area contributed by atoms with Crippen molar-refractivity contribution < 1.29 is 4.39 Å². The van der Waals surface area contributed by atoms with E-state index in [1.165, 1.54) is 0 Å². The van der Waals surface area contributed by atoms with Crippen molar-refractivity contribution in [3.63, 3.8) is 0 Å². The van der Waals surface area contributed by atoms with Gasteiger partial charge >= 0.3 is 0 Å². The molecule has 1 unspecified atom stereocenters. The van der Waals surface area contributed by atoms with Crippen LogP contribution in [0.3, 0.4) is 0 Å². The standard InChI is InChI=1S/C16H31FN2/c1-15(2,3)13-7-8-18(11-14(13)17)12-9-19(10-12)16(4,5)6/h12-14H,7-11H2,1-6H3/t13-,14?/m1/s1. The van der Waals surface area contributed by atoms with E-state index in [4.69, 9.17) is 0 Å². The molecule has 0 aromatic carbocycles. The number of halogens is 1. The minimum absolute atomic E-state index is 0.0998. The van der Waals surface area contributed by atoms with E-state index in [0.717, 1.165) is 26.1 Å². The molecule has 0 aromatic heterocycles. The summed E-state index contributed by atoms with van der Waals surface area (Å²) in [6.45, 7) is 17.2. The molecule has 112 valence electrons. The molecular weight excluding hydrogens is 239 g/mol. The van der Waals surface area contributed by atoms with Gasteiger partial charge in [0, 0.05) is 31.2 Å². The number of hydrogen-bond acceptors (Lipinski definition) is 2. The van der Waals surface area contributed by atoms with Gasteiger partial charge in [0.25, 0.3) is 0 Å². The Morgan fingerprint density at radius 3 is 1.95 bits per heavy atom. The van der Waals surface area contributed by atoms with Crippen LogP contribution in [0.1, 0.15) is 48.0 Å². The molecule has 19 heavy (non-hydrogen) atoms. The quantitative estimate of drug-likeness (QED) is 0.722. The normalized spacial score (nSPS) is 32.4. The molecular formula is C16H31FN2. The Kier molecular flexibility index (Phi) is 4.01. The Morgan fingerprint density at radius 2 is 1.53 bits per heavy atom. The number of rotatable bonds is 1. The average molecular weight is 270 g/mol. The lowest BCUT2D eigenvalue weighted by Gasteiger charge is -2.53. The van der Waals surface area contributed by atoms with E-state index in [-0.39, 0.29) is 16.9 Å². The zero-order valence-corrected chi connectivity index (χ0v) is 13.5. The van der Waals surface area contributed by atoms with E-state index in [0.29, 0.717) is 12.6 Å². The summed E-state index contributed by atoms with van der Waals surface area (Å²) >= 11 is 0. The molecule has 0 saturated carbocycles. The van der Waals surface area contributed by atoms with Crippen molar-refractivity contribution in [3.05, 3.63) is 0 Å². The second kappa shape index (κ2) is 5.00. The Hall–Kier alpha value is -0.150. The molecule has 2 aliphatic heterocycles. The highest BCUT2D eigenvalue weighted by molar-refractivity contribution is 4.97. The smallest absolute Gasteiger partial charge is 0.116 e. The van der Waals surface area contributed by atoms with E-state index in [1.807, 2.05) is 0 Å². The Balaban J connectivity index is 1.84. The molecule has 2 nitrogen and oxygen atoms in total. The van der Waals surface area contributed by atoms with E-state index in [2.05, 4.69) is 51.3 Å². The van der Waals surface area contributed by atoms with E-state index in [1.54, 1.807) is 0 Å². The predicted molar refractivity (Wildman–Crippen MR) is 79.1 cm³/mol. The third kappa shape index (κ3) is 3.30. The van der Waals surface area contributed by atoms with Gasteiger partial charge in [0.1, 0.15) is 6.17 Å². The van der Waals surface area contributed by atoms with Crippen LogP contribution in [0.15, 0.2) is 0 Å². The molecule has 2 saturated heterocycles. The maximum absolute atomic E-state index is 14.4. The van der Waals surface area contributed by atoms with Gasteiger partial charge in [-0.3, -0.25) is 9.80 Å². The average Bonchev–Trinajstić information content (AvgIpc) is 2.10. The second-order valence-electron chi connectivity index (χ2n) is 8.50. The van der Waals surface area contributed by atoms with Gasteiger partial charge in [0.05, 0.1) is 0 Å². The Bertz CT molecular complexity index is 310. The third-order valence-electron chi connectivity index (χ3n) is 5.01. The first-order chi connectivity index (χ1) is 8.59. The second-order valence-corrected chi connectivity index (χ2v) is 8.50. The van der Waals surface area contributed by atoms with Gasteiger partial charge in [-0.05, 0) is 45.1 Å². The number of hydrogen-bond donors (Lipinski definition) is 0. The van der Waals surface area contributed by atoms with Crippen LogP contribution < -0.4 is 0 Å². The Morgan fingerprint density at radius 1 is 0.947 bits per heavy atom. The van der Waals surface area contributed by atoms with Gasteiger partial charge in [-0.15, -0.1) is 0 Å². The first-order valence-electron chi connectivity index (χ1n) is 7.72. The zero-order valence-electron chi connectivity index (χ0n) is 13.5. The molecule has 0 radical (unpaired) electrons. The number of alkyl halides is 1. The van der Waals surface area contributed by atoms with Crippen LogP contribution in [0.2, 0.25) is 0 Å². The summed E-state index contributed by atoms with van der Waals surface area (Å²) in [4.78, 5) is 4.87. The maximum Gasteiger partial charge on any atom is 0.116 e. The molecule has 3 heteroatoms. The van der Waals surface area contributed by atoms with Gasteiger partial charge < -0.3 is 0 Å². The summed E-state index contributed by atoms with van der Waals surface area (Å²) in [5.41, 5.74) is 0.359. The fourth-order valence-corrected chi connectivity index (χ4v) is 3.47. The van der Waals surface area contributed by atoms with Crippen molar-refractivity contribution in [2.75, 3.05) is 26.2 Å². The molecule has 0 amide bonds. The molecule has 0 bridgehead atoms. The SMILES string of the molecule is CC(C)(C)[C@@H]1CCN(C2CN(C(C)(C)C)C2)CC1F. The topological polar surface area (TPSA) is 6.48 Å². The molecule has 0 aliphatic carbocycles. The minimum Gasteiger partial charge on any atom is -0.295 e. The summed E-state index contributed by atoms with van der Waals surface area (Å²) < 4.78 is 14.4. The number of likely N-dealkylation sites (tertiary alicyclic amines) is 2. The van der Waals surface area contributed by atoms with Gasteiger partial charge in [-0.2, -0.15) is 0 Å². The van der Waals surface area contributed by atoms with Crippen LogP contribution >= 0.6 is 0 Å². The fraction of sp³-hybridized carbons (Fsp3) is 1.00. The summed E-state index contributed by atoms with van der Waals surface area (Å²) in [5.74, 6) is 0.225. The molecule has 0 N–H and O–H groups in total. The largest absolute Gasteiger partial charge is 0.295 e. The molecule has 2 aliphatic rings. The van der Waals surface area contributed by atoms with Crippen LogP contribution in [-0.4, -0.2) is 53.7 Å². The van der Waals surface area contributed by atoms with E-state index in [9.17, 15) is 4.39 Å². The lowest BCUT2D eigenvalue weighted by molar-refractivity contribution is -0.0610. The molecule has 2 fully saturated rings. The highest BCUT2D eigenvalue weighted by atomic mass is 19.1. The predicted octanol–water partition coefficient (Wildman–Crippen LogP) is 3.18. The maximum atomic E-state index is 14.4. The molecule has 0 spiro atoms. The van der Waals surface area contributed by atoms with Crippen LogP contribution in [0.4, 0.5) is 4.39 Å². The van der Waals surface area contributed by atoms with Crippen molar-refractivity contribution >= 4 is 0 Å². The third-order valence-corrected chi connectivity index (χ3v) is 5.01. The van der Waals surface area contributed by atoms with E-state index < -0.39 is 6.17 Å². The summed E-state index contributed by atoms with van der Waals surface area (Å²) in [6, 6.07) is 0.582. The monoisotopic (exact) mass is 270 g/mol. The van der Waals surface area contributed by atoms with Crippen molar-refractivity contribution in [1.82, 2.24) is 9.80 Å². The van der Waals surface area contributed by atoms with Crippen LogP contribution in [0.5, 0.6) is 0 Å². The van der Waals surface area contributed by atoms with E-state index >= 15 is 0 Å². The summed E-state index contributed by atoms with van der Waals surface area (Å²) in [7, 11) is 0. The summed E-state index contributed by atoms with van der Waals surface area (Å²) in [6.07, 6.45) is 0.355. The van der Waals surface area contributed by atoms with Crippen LogP contribution in [-0.2, 0) is 0 Å². The van der Waals surface area contributed by atoms with Gasteiger partial charge in [-0.25, -0.2) is 4.39 Å². The van der Waals surface area contributed by atoms with Gasteiger partial charge in [0.2, 0.25) is 0 Å². The van der Waals surface area contributed by atoms with Crippen LogP contribution in [0, 0.1) is 11.3 Å². The summed E-state index contributed by atoms with van der Waals surface area (Å²) in [5, 5.41) is 0. The highest BCUT2D eigenvalue weighted by Gasteiger charge is 2.43. The molecule has 2 heterocycles. The van der Waals surface area contributed by atoms with Crippen molar-refractivity contribution in [2.24, 2.45) is 11.3 Å². The zero-order chi connectivity index (χ0) is 14.4. The lowest BCUT2D eigenvalue weighted by atomic mass is 9.74. The Labute approximate surface area is 118 Å². The van der Waals surface area contributed by atoms with Crippen molar-refractivity contribution in [1.29, 1.82) is 0 Å². The fourth-order valence-electron chi connectivity index (χ4n) is 3.47. The number of nitrogens with zero attached hydrogens (tertiary/aromatic N) is 2. The molecule has 2 atom stereocenters. The van der Waals surface area contributed by atoms with Gasteiger partial charge in [-0.1, -0.05) is 20.8 Å². The number of piperidine rings is 1. The van der Waals surface area contributed by atoms with Gasteiger partial charge in [0.15, 0.2) is 0 Å². The first-order valence-corrected chi connectivity index (χ1v) is 7.72. The molecule has 0 aromatic rings. The lowest BCUT2D eigenvalue weighted by Crippen LogP contribution is -2.66. The van der Waals surface area contributed by atoms with Crippen molar-refractivity contribution in [2.45, 2.75) is 65.7 Å². The highest BCUT2D eigenvalue weighted by Crippen LogP contribution is 2.37. The molecule has 2 rings (SSSR count). The van der Waals surface area contributed by atoms with Crippen LogP contribution in [0.25, 0.3) is 0 Å². The van der Waals surface area contributed by atoms with Crippen molar-refractivity contribution in [3.8, 4) is 0 Å².